The maximum Gasteiger partial charge on any atom is 0.292 e. The molecule has 5 rings (SSSR count). The molecule has 2 aromatic heterocycles. The Labute approximate surface area is 209 Å². The molecule has 0 unspecified atom stereocenters. The van der Waals surface area contributed by atoms with Gasteiger partial charge >= 0.3 is 0 Å². The van der Waals surface area contributed by atoms with Gasteiger partial charge in [-0.25, -0.2) is 8.42 Å². The molecular formula is C26H30N2O5S2. The van der Waals surface area contributed by atoms with Crippen molar-refractivity contribution < 1.29 is 22.4 Å². The molecule has 3 aromatic rings. The van der Waals surface area contributed by atoms with Gasteiger partial charge in [-0.3, -0.25) is 9.59 Å². The van der Waals surface area contributed by atoms with Gasteiger partial charge in [0, 0.05) is 21.9 Å². The number of anilines is 1. The second-order valence-corrected chi connectivity index (χ2v) is 13.4. The van der Waals surface area contributed by atoms with Crippen LogP contribution in [0.2, 0.25) is 0 Å². The fourth-order valence-corrected chi connectivity index (χ4v) is 8.17. The van der Waals surface area contributed by atoms with Crippen molar-refractivity contribution in [3.8, 4) is 0 Å². The number of sulfone groups is 1. The molecule has 2 atom stereocenters. The first-order valence-corrected chi connectivity index (χ1v) is 14.6. The molecule has 2 amide bonds. The van der Waals surface area contributed by atoms with Crippen molar-refractivity contribution in [2.24, 2.45) is 5.92 Å². The number of benzene rings is 1. The Bertz CT molecular complexity index is 1460. The highest BCUT2D eigenvalue weighted by Crippen LogP contribution is 2.40. The van der Waals surface area contributed by atoms with E-state index in [0.29, 0.717) is 28.5 Å². The molecule has 1 fully saturated rings. The van der Waals surface area contributed by atoms with Crippen LogP contribution < -0.4 is 10.6 Å². The number of rotatable bonds is 4. The van der Waals surface area contributed by atoms with Gasteiger partial charge in [-0.2, -0.15) is 0 Å². The van der Waals surface area contributed by atoms with Crippen molar-refractivity contribution in [1.82, 2.24) is 5.32 Å². The topological polar surface area (TPSA) is 105 Å². The number of furan rings is 1. The predicted octanol–water partition coefficient (Wildman–Crippen LogP) is 4.71. The molecule has 1 saturated heterocycles. The van der Waals surface area contributed by atoms with E-state index in [1.165, 1.54) is 11.3 Å². The first kappa shape index (κ1) is 24.1. The molecule has 0 bridgehead atoms. The third-order valence-corrected chi connectivity index (χ3v) is 10.2. The molecule has 1 aliphatic heterocycles. The zero-order chi connectivity index (χ0) is 25.1. The molecular weight excluding hydrogens is 484 g/mol. The molecule has 1 aromatic carbocycles. The number of carbonyl (C=O) groups is 2. The van der Waals surface area contributed by atoms with Crippen molar-refractivity contribution in [3.05, 3.63) is 50.6 Å². The number of nitrogens with one attached hydrogen (secondary N) is 2. The van der Waals surface area contributed by atoms with Crippen LogP contribution in [0.4, 0.5) is 5.00 Å². The van der Waals surface area contributed by atoms with Crippen molar-refractivity contribution in [3.63, 3.8) is 0 Å². The Morgan fingerprint density at radius 3 is 2.54 bits per heavy atom. The molecule has 2 aliphatic rings. The summed E-state index contributed by atoms with van der Waals surface area (Å²) < 4.78 is 29.7. The zero-order valence-electron chi connectivity index (χ0n) is 20.4. The summed E-state index contributed by atoms with van der Waals surface area (Å²) in [6, 6.07) is 3.56. The highest BCUT2D eigenvalue weighted by molar-refractivity contribution is 7.91. The van der Waals surface area contributed by atoms with Gasteiger partial charge in [-0.1, -0.05) is 6.92 Å². The number of hydrogen-bond donors (Lipinski definition) is 2. The average molecular weight is 515 g/mol. The minimum atomic E-state index is -3.12. The lowest BCUT2D eigenvalue weighted by Crippen LogP contribution is -2.36. The highest BCUT2D eigenvalue weighted by Gasteiger charge is 2.33. The van der Waals surface area contributed by atoms with E-state index >= 15 is 0 Å². The lowest BCUT2D eigenvalue weighted by molar-refractivity contribution is 0.0941. The molecule has 35 heavy (non-hydrogen) atoms. The summed E-state index contributed by atoms with van der Waals surface area (Å²) in [5, 5.41) is 7.27. The summed E-state index contributed by atoms with van der Waals surface area (Å²) in [7, 11) is -3.12. The fourth-order valence-electron chi connectivity index (χ4n) is 5.10. The number of thiophene rings is 1. The molecule has 0 saturated carbocycles. The lowest BCUT2D eigenvalue weighted by Gasteiger charge is -2.19. The standard InChI is InChI=1S/C26H30N2O5S2/c1-13-5-6-18-21(9-13)34-26(22(18)24(29)27-17-7-8-35(31,32)12-17)28-25(30)23-16(4)19-10-14(2)15(3)11-20(19)33-23/h10-11,13,17H,5-9,12H2,1-4H3,(H,27,29)(H,28,30)/t13-,17+/m0/s1. The van der Waals surface area contributed by atoms with Crippen LogP contribution >= 0.6 is 11.3 Å². The largest absolute Gasteiger partial charge is 0.451 e. The van der Waals surface area contributed by atoms with E-state index in [1.807, 2.05) is 32.9 Å². The van der Waals surface area contributed by atoms with Crippen molar-refractivity contribution >= 4 is 49.0 Å². The summed E-state index contributed by atoms with van der Waals surface area (Å²) >= 11 is 1.44. The molecule has 3 heterocycles. The van der Waals surface area contributed by atoms with E-state index < -0.39 is 21.8 Å². The van der Waals surface area contributed by atoms with Crippen LogP contribution in [-0.4, -0.2) is 37.8 Å². The van der Waals surface area contributed by atoms with Crippen molar-refractivity contribution in [2.45, 2.75) is 59.4 Å². The Balaban J connectivity index is 1.48. The summed E-state index contributed by atoms with van der Waals surface area (Å²) in [6.07, 6.45) is 3.00. The van der Waals surface area contributed by atoms with Gasteiger partial charge in [0.05, 0.1) is 17.1 Å². The monoisotopic (exact) mass is 514 g/mol. The SMILES string of the molecule is Cc1cc2oc(C(=O)Nc3sc4c(c3C(=O)N[C@@H]3CCS(=O)(=O)C3)CC[C@H](C)C4)c(C)c2cc1C. The number of carbonyl (C=O) groups excluding carboxylic acids is 2. The quantitative estimate of drug-likeness (QED) is 0.524. The van der Waals surface area contributed by atoms with Crippen LogP contribution in [0, 0.1) is 26.7 Å². The summed E-state index contributed by atoms with van der Waals surface area (Å²) in [6.45, 7) is 8.08. The minimum absolute atomic E-state index is 0.0409. The molecule has 0 spiro atoms. The molecule has 186 valence electrons. The van der Waals surface area contributed by atoms with Gasteiger partial charge in [-0.05, 0) is 81.2 Å². The fraction of sp³-hybridized carbons (Fsp3) is 0.462. The number of fused-ring (bicyclic) bond motifs is 2. The minimum Gasteiger partial charge on any atom is -0.451 e. The third-order valence-electron chi connectivity index (χ3n) is 7.29. The maximum atomic E-state index is 13.4. The van der Waals surface area contributed by atoms with Crippen molar-refractivity contribution in [1.29, 1.82) is 0 Å². The first-order valence-electron chi connectivity index (χ1n) is 12.0. The lowest BCUT2D eigenvalue weighted by atomic mass is 9.88. The summed E-state index contributed by atoms with van der Waals surface area (Å²) in [5.41, 5.74) is 5.07. The number of aryl methyl sites for hydroxylation is 3. The summed E-state index contributed by atoms with van der Waals surface area (Å²) in [5.74, 6) is 0.0779. The average Bonchev–Trinajstić information content (AvgIpc) is 3.41. The number of amides is 2. The van der Waals surface area contributed by atoms with Gasteiger partial charge in [0.2, 0.25) is 0 Å². The van der Waals surface area contributed by atoms with Gasteiger partial charge in [0.1, 0.15) is 10.6 Å². The third kappa shape index (κ3) is 4.51. The Morgan fingerprint density at radius 2 is 1.83 bits per heavy atom. The smallest absolute Gasteiger partial charge is 0.292 e. The molecule has 0 radical (unpaired) electrons. The van der Waals surface area contributed by atoms with Gasteiger partial charge < -0.3 is 15.1 Å². The van der Waals surface area contributed by atoms with E-state index in [9.17, 15) is 18.0 Å². The Hall–Kier alpha value is -2.65. The summed E-state index contributed by atoms with van der Waals surface area (Å²) in [4.78, 5) is 27.8. The zero-order valence-corrected chi connectivity index (χ0v) is 22.0. The molecule has 7 nitrogen and oxygen atoms in total. The van der Waals surface area contributed by atoms with E-state index in [1.54, 1.807) is 0 Å². The van der Waals surface area contributed by atoms with Crippen LogP contribution in [0.1, 0.15) is 67.8 Å². The van der Waals surface area contributed by atoms with Crippen LogP contribution in [0.5, 0.6) is 0 Å². The normalized spacial score (nSPS) is 21.1. The highest BCUT2D eigenvalue weighted by atomic mass is 32.2. The Kier molecular flexibility index (Phi) is 6.04. The van der Waals surface area contributed by atoms with E-state index in [-0.39, 0.29) is 23.2 Å². The predicted molar refractivity (Wildman–Crippen MR) is 138 cm³/mol. The van der Waals surface area contributed by atoms with Crippen LogP contribution in [0.25, 0.3) is 11.0 Å². The van der Waals surface area contributed by atoms with Crippen LogP contribution in [0.3, 0.4) is 0 Å². The van der Waals surface area contributed by atoms with Gasteiger partial charge in [0.25, 0.3) is 11.8 Å². The molecule has 1 aliphatic carbocycles. The van der Waals surface area contributed by atoms with Gasteiger partial charge in [-0.15, -0.1) is 11.3 Å². The first-order chi connectivity index (χ1) is 16.5. The van der Waals surface area contributed by atoms with Gasteiger partial charge in [0.15, 0.2) is 15.6 Å². The second kappa shape index (κ2) is 8.78. The number of hydrogen-bond acceptors (Lipinski definition) is 6. The molecule has 9 heteroatoms. The van der Waals surface area contributed by atoms with E-state index in [2.05, 4.69) is 17.6 Å². The maximum absolute atomic E-state index is 13.4. The molecule has 2 N–H and O–H groups in total. The van der Waals surface area contributed by atoms with E-state index in [0.717, 1.165) is 51.8 Å². The second-order valence-electron chi connectivity index (χ2n) is 10.1. The van der Waals surface area contributed by atoms with E-state index in [4.69, 9.17) is 4.42 Å². The van der Waals surface area contributed by atoms with Crippen molar-refractivity contribution in [2.75, 3.05) is 16.8 Å². The van der Waals surface area contributed by atoms with Crippen LogP contribution in [-0.2, 0) is 22.7 Å². The Morgan fingerprint density at radius 1 is 1.09 bits per heavy atom. The van der Waals surface area contributed by atoms with Crippen LogP contribution in [0.15, 0.2) is 16.5 Å².